The second-order valence-corrected chi connectivity index (χ2v) is 4.79. The first-order chi connectivity index (χ1) is 10.1. The van der Waals surface area contributed by atoms with Gasteiger partial charge in [-0.3, -0.25) is 0 Å². The van der Waals surface area contributed by atoms with Crippen molar-refractivity contribution >= 4 is 5.69 Å². The van der Waals surface area contributed by atoms with E-state index in [1.807, 2.05) is 38.1 Å². The van der Waals surface area contributed by atoms with Crippen LogP contribution < -0.4 is 14.8 Å². The Morgan fingerprint density at radius 1 is 1.10 bits per heavy atom. The Bertz CT molecular complexity index is 593. The number of hydrogen-bond donors (Lipinski definition) is 1. The SMILES string of the molecule is CCOc1ccc(CNc2cc(C)cc(F)c2)cc1OC. The monoisotopic (exact) mass is 289 g/mol. The van der Waals surface area contributed by atoms with Crippen molar-refractivity contribution in [1.29, 1.82) is 0 Å². The number of methoxy groups -OCH3 is 1. The minimum atomic E-state index is -0.234. The highest BCUT2D eigenvalue weighted by molar-refractivity contribution is 5.48. The smallest absolute Gasteiger partial charge is 0.161 e. The fourth-order valence-electron chi connectivity index (χ4n) is 2.14. The molecule has 0 amide bonds. The quantitative estimate of drug-likeness (QED) is 0.866. The van der Waals surface area contributed by atoms with E-state index in [0.29, 0.717) is 18.9 Å². The van der Waals surface area contributed by atoms with Crippen molar-refractivity contribution in [3.63, 3.8) is 0 Å². The summed E-state index contributed by atoms with van der Waals surface area (Å²) in [7, 11) is 1.62. The van der Waals surface area contributed by atoms with E-state index >= 15 is 0 Å². The summed E-state index contributed by atoms with van der Waals surface area (Å²) < 4.78 is 24.1. The highest BCUT2D eigenvalue weighted by Crippen LogP contribution is 2.28. The zero-order valence-corrected chi connectivity index (χ0v) is 12.6. The van der Waals surface area contributed by atoms with Gasteiger partial charge in [0.05, 0.1) is 13.7 Å². The zero-order chi connectivity index (χ0) is 15.2. The number of nitrogens with one attached hydrogen (secondary N) is 1. The van der Waals surface area contributed by atoms with E-state index in [2.05, 4.69) is 5.32 Å². The van der Waals surface area contributed by atoms with Gasteiger partial charge in [-0.1, -0.05) is 6.07 Å². The first-order valence-electron chi connectivity index (χ1n) is 6.93. The van der Waals surface area contributed by atoms with Gasteiger partial charge in [0.2, 0.25) is 0 Å². The minimum Gasteiger partial charge on any atom is -0.493 e. The number of halogens is 1. The van der Waals surface area contributed by atoms with Crippen molar-refractivity contribution in [2.45, 2.75) is 20.4 Å². The lowest BCUT2D eigenvalue weighted by Crippen LogP contribution is -2.02. The summed E-state index contributed by atoms with van der Waals surface area (Å²) in [5.74, 6) is 1.19. The molecule has 0 radical (unpaired) electrons. The predicted molar refractivity (Wildman–Crippen MR) is 82.6 cm³/mol. The van der Waals surface area contributed by atoms with Crippen LogP contribution in [0.1, 0.15) is 18.1 Å². The van der Waals surface area contributed by atoms with Gasteiger partial charge in [-0.15, -0.1) is 0 Å². The summed E-state index contributed by atoms with van der Waals surface area (Å²) in [6, 6.07) is 10.7. The molecule has 2 aromatic rings. The second-order valence-electron chi connectivity index (χ2n) is 4.79. The maximum atomic E-state index is 13.3. The van der Waals surface area contributed by atoms with Crippen LogP contribution in [-0.2, 0) is 6.54 Å². The van der Waals surface area contributed by atoms with Crippen LogP contribution in [0, 0.1) is 12.7 Å². The van der Waals surface area contributed by atoms with Crippen molar-refractivity contribution in [2.24, 2.45) is 0 Å². The number of hydrogen-bond acceptors (Lipinski definition) is 3. The molecule has 4 heteroatoms. The van der Waals surface area contributed by atoms with Crippen LogP contribution in [0.5, 0.6) is 11.5 Å². The number of aryl methyl sites for hydroxylation is 1. The molecule has 2 rings (SSSR count). The number of rotatable bonds is 6. The van der Waals surface area contributed by atoms with E-state index in [-0.39, 0.29) is 5.82 Å². The molecule has 0 saturated carbocycles. The maximum absolute atomic E-state index is 13.3. The van der Waals surface area contributed by atoms with Crippen LogP contribution >= 0.6 is 0 Å². The topological polar surface area (TPSA) is 30.5 Å². The van der Waals surface area contributed by atoms with E-state index in [1.165, 1.54) is 12.1 Å². The molecule has 1 N–H and O–H groups in total. The molecular weight excluding hydrogens is 269 g/mol. The van der Waals surface area contributed by atoms with Gasteiger partial charge in [-0.2, -0.15) is 0 Å². The molecule has 0 heterocycles. The Labute approximate surface area is 124 Å². The average Bonchev–Trinajstić information content (AvgIpc) is 2.45. The van der Waals surface area contributed by atoms with Crippen LogP contribution in [0.2, 0.25) is 0 Å². The lowest BCUT2D eigenvalue weighted by atomic mass is 10.1. The molecule has 0 aliphatic carbocycles. The molecule has 0 saturated heterocycles. The van der Waals surface area contributed by atoms with Gasteiger partial charge in [0.1, 0.15) is 5.82 Å². The molecule has 112 valence electrons. The predicted octanol–water partition coefficient (Wildman–Crippen LogP) is 4.15. The zero-order valence-electron chi connectivity index (χ0n) is 12.6. The molecule has 0 bridgehead atoms. The van der Waals surface area contributed by atoms with E-state index in [0.717, 1.165) is 22.6 Å². The number of benzene rings is 2. The van der Waals surface area contributed by atoms with Crippen molar-refractivity contribution < 1.29 is 13.9 Å². The van der Waals surface area contributed by atoms with Gasteiger partial charge < -0.3 is 14.8 Å². The van der Waals surface area contributed by atoms with Gasteiger partial charge in [0, 0.05) is 12.2 Å². The van der Waals surface area contributed by atoms with E-state index < -0.39 is 0 Å². The van der Waals surface area contributed by atoms with Gasteiger partial charge in [0.25, 0.3) is 0 Å². The lowest BCUT2D eigenvalue weighted by molar-refractivity contribution is 0.310. The fourth-order valence-corrected chi connectivity index (χ4v) is 2.14. The average molecular weight is 289 g/mol. The molecule has 0 aliphatic rings. The second kappa shape index (κ2) is 6.97. The van der Waals surface area contributed by atoms with E-state index in [1.54, 1.807) is 7.11 Å². The first-order valence-corrected chi connectivity index (χ1v) is 6.93. The van der Waals surface area contributed by atoms with Crippen LogP contribution in [-0.4, -0.2) is 13.7 Å². The molecule has 0 aliphatic heterocycles. The van der Waals surface area contributed by atoms with Gasteiger partial charge in [0.15, 0.2) is 11.5 Å². The van der Waals surface area contributed by atoms with Crippen LogP contribution in [0.15, 0.2) is 36.4 Å². The summed E-state index contributed by atoms with van der Waals surface area (Å²) >= 11 is 0. The molecule has 0 fully saturated rings. The standard InChI is InChI=1S/C17H20FNO2/c1-4-21-16-6-5-13(9-17(16)20-3)11-19-15-8-12(2)7-14(18)10-15/h5-10,19H,4,11H2,1-3H3. The Morgan fingerprint density at radius 2 is 1.90 bits per heavy atom. The highest BCUT2D eigenvalue weighted by atomic mass is 19.1. The Morgan fingerprint density at radius 3 is 2.57 bits per heavy atom. The van der Waals surface area contributed by atoms with Crippen molar-refractivity contribution in [3.8, 4) is 11.5 Å². The molecule has 21 heavy (non-hydrogen) atoms. The largest absolute Gasteiger partial charge is 0.493 e. The van der Waals surface area contributed by atoms with Crippen molar-refractivity contribution in [2.75, 3.05) is 19.0 Å². The van der Waals surface area contributed by atoms with Gasteiger partial charge >= 0.3 is 0 Å². The Hall–Kier alpha value is -2.23. The minimum absolute atomic E-state index is 0.234. The molecule has 3 nitrogen and oxygen atoms in total. The van der Waals surface area contributed by atoms with Crippen LogP contribution in [0.3, 0.4) is 0 Å². The highest BCUT2D eigenvalue weighted by Gasteiger charge is 2.05. The Kier molecular flexibility index (Phi) is 5.04. The summed E-state index contributed by atoms with van der Waals surface area (Å²) in [6.45, 7) is 4.98. The fraction of sp³-hybridized carbons (Fsp3) is 0.294. The Balaban J connectivity index is 2.09. The molecule has 0 aromatic heterocycles. The van der Waals surface area contributed by atoms with Crippen molar-refractivity contribution in [3.05, 3.63) is 53.3 Å². The molecule has 0 atom stereocenters. The van der Waals surface area contributed by atoms with Crippen LogP contribution in [0.4, 0.5) is 10.1 Å². The van der Waals surface area contributed by atoms with E-state index in [4.69, 9.17) is 9.47 Å². The molecule has 0 spiro atoms. The van der Waals surface area contributed by atoms with E-state index in [9.17, 15) is 4.39 Å². The molecule has 2 aromatic carbocycles. The maximum Gasteiger partial charge on any atom is 0.161 e. The van der Waals surface area contributed by atoms with Crippen molar-refractivity contribution in [1.82, 2.24) is 0 Å². The van der Waals surface area contributed by atoms with Gasteiger partial charge in [-0.25, -0.2) is 4.39 Å². The molecule has 0 unspecified atom stereocenters. The normalized spacial score (nSPS) is 10.3. The molecular formula is C17H20FNO2. The summed E-state index contributed by atoms with van der Waals surface area (Å²) in [4.78, 5) is 0. The third-order valence-electron chi connectivity index (χ3n) is 3.07. The van der Waals surface area contributed by atoms with Crippen LogP contribution in [0.25, 0.3) is 0 Å². The number of ether oxygens (including phenoxy) is 2. The summed E-state index contributed by atoms with van der Waals surface area (Å²) in [6.07, 6.45) is 0. The summed E-state index contributed by atoms with van der Waals surface area (Å²) in [5, 5.41) is 3.21. The third-order valence-corrected chi connectivity index (χ3v) is 3.07. The van der Waals surface area contributed by atoms with Gasteiger partial charge in [-0.05, 0) is 55.3 Å². The number of anilines is 1. The first kappa shape index (κ1) is 15.2. The third kappa shape index (κ3) is 4.12. The lowest BCUT2D eigenvalue weighted by Gasteiger charge is -2.12. The summed E-state index contributed by atoms with van der Waals surface area (Å²) in [5.41, 5.74) is 2.69.